The van der Waals surface area contributed by atoms with Gasteiger partial charge in [0, 0.05) is 49.5 Å². The second kappa shape index (κ2) is 15.8. The zero-order chi connectivity index (χ0) is 30.8. The number of unbranched alkanes of at least 4 members (excludes halogenated alkanes) is 1. The van der Waals surface area contributed by atoms with Crippen LogP contribution in [0, 0.1) is 12.8 Å². The van der Waals surface area contributed by atoms with Gasteiger partial charge in [-0.1, -0.05) is 63.1 Å². The van der Waals surface area contributed by atoms with Crippen molar-refractivity contribution in [1.29, 1.82) is 0 Å². The predicted octanol–water partition coefficient (Wildman–Crippen LogP) is 8.30. The standard InChI is InChI=1S/C40H53N3/c1-8-14-17-31(9-2)29-41-39-27-26-38(36-18-15-16-19-37(36)39)40(32-20-22-33(23-21-32)42(10-3)11-4)35-25-24-34(28-30(35)7)43(12-5)13-6/h15-16,18-28,31H,8-14,17,29H2,1-7H3/p+1/b40-38+,41-39?. The molecule has 1 aliphatic carbocycles. The number of nitrogens with one attached hydrogen (secondary N) is 1. The van der Waals surface area contributed by atoms with Crippen molar-refractivity contribution in [2.24, 2.45) is 5.92 Å². The van der Waals surface area contributed by atoms with Crippen molar-refractivity contribution in [3.63, 3.8) is 0 Å². The number of allylic oxidation sites excluding steroid dienone is 3. The van der Waals surface area contributed by atoms with Crippen LogP contribution < -0.4 is 14.8 Å². The van der Waals surface area contributed by atoms with E-state index < -0.39 is 0 Å². The number of benzene rings is 3. The summed E-state index contributed by atoms with van der Waals surface area (Å²) in [4.78, 5) is 8.69. The Morgan fingerprint density at radius 1 is 0.721 bits per heavy atom. The van der Waals surface area contributed by atoms with Gasteiger partial charge in [-0.25, -0.2) is 4.99 Å². The monoisotopic (exact) mass is 576 g/mol. The zero-order valence-electron chi connectivity index (χ0n) is 27.8. The first-order valence-corrected chi connectivity index (χ1v) is 16.8. The Morgan fingerprint density at radius 3 is 1.95 bits per heavy atom. The topological polar surface area (TPSA) is 20.5 Å². The Bertz CT molecular complexity index is 1420. The fraction of sp³-hybridized carbons (Fsp3) is 0.425. The van der Waals surface area contributed by atoms with Crippen LogP contribution in [0.25, 0.3) is 11.1 Å². The number of fused-ring (bicyclic) bond motifs is 1. The van der Waals surface area contributed by atoms with Crippen molar-refractivity contribution < 1.29 is 4.99 Å². The van der Waals surface area contributed by atoms with E-state index >= 15 is 0 Å². The highest BCUT2D eigenvalue weighted by Crippen LogP contribution is 2.39. The van der Waals surface area contributed by atoms with Gasteiger partial charge < -0.3 is 9.80 Å². The molecule has 1 aliphatic rings. The molecule has 0 bridgehead atoms. The Morgan fingerprint density at radius 2 is 1.35 bits per heavy atom. The quantitative estimate of drug-likeness (QED) is 0.208. The second-order valence-electron chi connectivity index (χ2n) is 11.8. The summed E-state index contributed by atoms with van der Waals surface area (Å²) in [5.41, 5.74) is 12.8. The first-order chi connectivity index (χ1) is 21.0. The smallest absolute Gasteiger partial charge is 0.206 e. The lowest BCUT2D eigenvalue weighted by Crippen LogP contribution is -2.74. The first-order valence-electron chi connectivity index (χ1n) is 16.8. The first kappa shape index (κ1) is 32.3. The van der Waals surface area contributed by atoms with Crippen molar-refractivity contribution in [2.75, 3.05) is 42.5 Å². The van der Waals surface area contributed by atoms with E-state index in [1.54, 1.807) is 0 Å². The van der Waals surface area contributed by atoms with Crippen LogP contribution in [-0.4, -0.2) is 38.4 Å². The second-order valence-corrected chi connectivity index (χ2v) is 11.8. The third-order valence-electron chi connectivity index (χ3n) is 9.21. The van der Waals surface area contributed by atoms with E-state index in [1.807, 2.05) is 0 Å². The minimum absolute atomic E-state index is 0.705. The molecule has 3 aromatic rings. The molecule has 0 aliphatic heterocycles. The highest BCUT2D eigenvalue weighted by Gasteiger charge is 2.24. The fourth-order valence-corrected chi connectivity index (χ4v) is 6.47. The molecule has 0 aromatic heterocycles. The summed E-state index contributed by atoms with van der Waals surface area (Å²) in [5, 5.41) is 0. The fourth-order valence-electron chi connectivity index (χ4n) is 6.47. The zero-order valence-corrected chi connectivity index (χ0v) is 27.8. The van der Waals surface area contributed by atoms with Crippen LogP contribution in [0.5, 0.6) is 0 Å². The van der Waals surface area contributed by atoms with Crippen molar-refractivity contribution in [1.82, 2.24) is 0 Å². The van der Waals surface area contributed by atoms with Crippen molar-refractivity contribution in [2.45, 2.75) is 74.1 Å². The molecule has 3 aromatic carbocycles. The van der Waals surface area contributed by atoms with Crippen LogP contribution in [-0.2, 0) is 0 Å². The van der Waals surface area contributed by atoms with Gasteiger partial charge >= 0.3 is 0 Å². The Balaban J connectivity index is 1.88. The van der Waals surface area contributed by atoms with Crippen molar-refractivity contribution in [3.8, 4) is 0 Å². The molecular formula is C40H54N3+. The summed E-state index contributed by atoms with van der Waals surface area (Å²) < 4.78 is 0. The molecule has 1 N–H and O–H groups in total. The summed E-state index contributed by atoms with van der Waals surface area (Å²) >= 11 is 0. The van der Waals surface area contributed by atoms with Gasteiger partial charge in [0.25, 0.3) is 0 Å². The van der Waals surface area contributed by atoms with Crippen molar-refractivity contribution in [3.05, 3.63) is 107 Å². The van der Waals surface area contributed by atoms with Crippen LogP contribution in [0.2, 0.25) is 0 Å². The van der Waals surface area contributed by atoms with Crippen LogP contribution in [0.3, 0.4) is 0 Å². The number of rotatable bonds is 14. The maximum Gasteiger partial charge on any atom is 0.206 e. The van der Waals surface area contributed by atoms with E-state index in [1.165, 1.54) is 81.7 Å². The number of anilines is 2. The van der Waals surface area contributed by atoms with Gasteiger partial charge in [-0.2, -0.15) is 0 Å². The third-order valence-corrected chi connectivity index (χ3v) is 9.21. The van der Waals surface area contributed by atoms with E-state index in [9.17, 15) is 0 Å². The molecule has 1 atom stereocenters. The molecule has 3 heteroatoms. The SMILES string of the molecule is CCCCC(CC)C[NH+]=C1C=C/C(=C(/c2ccc(N(CC)CC)cc2)c2ccc(N(CC)CC)cc2C)c2ccccc21. The van der Waals surface area contributed by atoms with Crippen LogP contribution in [0.15, 0.2) is 78.9 Å². The molecule has 3 nitrogen and oxygen atoms in total. The van der Waals surface area contributed by atoms with E-state index in [4.69, 9.17) is 0 Å². The van der Waals surface area contributed by atoms with E-state index in [-0.39, 0.29) is 0 Å². The minimum atomic E-state index is 0.705. The van der Waals surface area contributed by atoms with E-state index in [0.717, 1.165) is 32.7 Å². The molecule has 0 amide bonds. The summed E-state index contributed by atoms with van der Waals surface area (Å²) in [6.45, 7) is 20.9. The minimum Gasteiger partial charge on any atom is -0.372 e. The lowest BCUT2D eigenvalue weighted by Gasteiger charge is -2.25. The number of hydrogen-bond donors (Lipinski definition) is 1. The van der Waals surface area contributed by atoms with Crippen molar-refractivity contribution >= 4 is 28.2 Å². The van der Waals surface area contributed by atoms with Gasteiger partial charge in [0.15, 0.2) is 0 Å². The molecule has 0 radical (unpaired) electrons. The number of aryl methyl sites for hydroxylation is 1. The highest BCUT2D eigenvalue weighted by atomic mass is 15.1. The predicted molar refractivity (Wildman–Crippen MR) is 189 cm³/mol. The van der Waals surface area contributed by atoms with Gasteiger partial charge in [0.2, 0.25) is 5.71 Å². The van der Waals surface area contributed by atoms with E-state index in [2.05, 4.69) is 142 Å². The highest BCUT2D eigenvalue weighted by molar-refractivity contribution is 6.17. The lowest BCUT2D eigenvalue weighted by atomic mass is 9.82. The number of hydrogen-bond acceptors (Lipinski definition) is 2. The lowest BCUT2D eigenvalue weighted by molar-refractivity contribution is -0.465. The van der Waals surface area contributed by atoms with Crippen LogP contribution >= 0.6 is 0 Å². The average Bonchev–Trinajstić information content (AvgIpc) is 3.04. The Labute approximate surface area is 262 Å². The summed E-state index contributed by atoms with van der Waals surface area (Å²) in [6.07, 6.45) is 9.74. The summed E-state index contributed by atoms with van der Waals surface area (Å²) in [7, 11) is 0. The molecule has 0 heterocycles. The van der Waals surface area contributed by atoms with Gasteiger partial charge in [0.05, 0.1) is 5.56 Å². The number of nitrogens with zero attached hydrogens (tertiary/aromatic N) is 2. The normalized spacial score (nSPS) is 15.4. The van der Waals surface area contributed by atoms with Gasteiger partial charge in [-0.3, -0.25) is 0 Å². The molecule has 0 saturated heterocycles. The largest absolute Gasteiger partial charge is 0.372 e. The molecule has 1 unspecified atom stereocenters. The van der Waals surface area contributed by atoms with E-state index in [0.29, 0.717) is 5.92 Å². The van der Waals surface area contributed by atoms with Crippen LogP contribution in [0.1, 0.15) is 95.0 Å². The molecule has 43 heavy (non-hydrogen) atoms. The van der Waals surface area contributed by atoms with Gasteiger partial charge in [-0.15, -0.1) is 0 Å². The summed E-state index contributed by atoms with van der Waals surface area (Å²) in [5.74, 6) is 0.705. The average molecular weight is 577 g/mol. The van der Waals surface area contributed by atoms with Crippen LogP contribution in [0.4, 0.5) is 11.4 Å². The summed E-state index contributed by atoms with van der Waals surface area (Å²) in [6, 6.07) is 25.2. The third kappa shape index (κ3) is 7.50. The maximum atomic E-state index is 3.85. The molecule has 0 fully saturated rings. The molecule has 0 spiro atoms. The Hall–Kier alpha value is -3.59. The molecule has 228 valence electrons. The Kier molecular flexibility index (Phi) is 11.8. The maximum absolute atomic E-state index is 3.85. The molecule has 0 saturated carbocycles. The van der Waals surface area contributed by atoms with Gasteiger partial charge in [0.1, 0.15) is 6.54 Å². The molecular weight excluding hydrogens is 522 g/mol. The molecule has 4 rings (SSSR count). The van der Waals surface area contributed by atoms with Gasteiger partial charge in [-0.05, 0) is 117 Å².